The molecule has 2 unspecified atom stereocenters. The van der Waals surface area contributed by atoms with E-state index in [1.807, 2.05) is 26.0 Å². The molecule has 580 valence electrons. The fourth-order valence-electron chi connectivity index (χ4n) is 10.3. The summed E-state index contributed by atoms with van der Waals surface area (Å²) in [4.78, 5) is 117. The minimum atomic E-state index is -0.685. The van der Waals surface area contributed by atoms with Gasteiger partial charge in [-0.2, -0.15) is 0 Å². The number of ketones is 2. The van der Waals surface area contributed by atoms with Gasteiger partial charge in [-0.3, -0.25) is 43.5 Å². The van der Waals surface area contributed by atoms with Gasteiger partial charge in [0.15, 0.2) is 23.1 Å². The zero-order valence-corrected chi connectivity index (χ0v) is 69.8. The number of anilines is 2. The van der Waals surface area contributed by atoms with E-state index >= 15 is 0 Å². The number of aryl methyl sites for hydroxylation is 2. The molecule has 0 aliphatic carbocycles. The number of aromatic nitrogens is 2. The number of Topliss-reactive ketones (excluding diaryl/α,β-unsaturated/α-hetero) is 2. The fraction of sp³-hybridized carbons (Fsp3) is 0.595. The second-order valence-corrected chi connectivity index (χ2v) is 29.3. The summed E-state index contributed by atoms with van der Waals surface area (Å²) in [6.45, 7) is 16.2. The van der Waals surface area contributed by atoms with Crippen LogP contribution in [-0.4, -0.2) is 134 Å². The molecule has 0 saturated heterocycles. The van der Waals surface area contributed by atoms with Crippen molar-refractivity contribution in [2.24, 2.45) is 5.11 Å². The van der Waals surface area contributed by atoms with Gasteiger partial charge in [-0.1, -0.05) is 119 Å². The number of nitrogens with zero attached hydrogens (tertiary/aromatic N) is 10. The number of carbonyl (C=O) groups excluding carboxylic acids is 8. The van der Waals surface area contributed by atoms with Crippen molar-refractivity contribution in [2.45, 2.75) is 220 Å². The smallest absolute Gasteiger partial charge is 0.490 e. The van der Waals surface area contributed by atoms with Crippen molar-refractivity contribution in [1.82, 2.24) is 20.6 Å². The van der Waals surface area contributed by atoms with E-state index in [1.54, 1.807) is 90.3 Å². The molecule has 0 spiro atoms. The first-order valence-corrected chi connectivity index (χ1v) is 37.9. The number of nitrogens with one attached hydrogen (secondary N) is 2. The number of azide groups is 1. The molecule has 32 heteroatoms. The Kier molecular flexibility index (Phi) is 50.4. The summed E-state index contributed by atoms with van der Waals surface area (Å²) in [6.07, 6.45) is 16.6. The summed E-state index contributed by atoms with van der Waals surface area (Å²) in [5, 5.41) is 11.0. The topological polar surface area (TPSA) is 356 Å². The first-order valence-electron chi connectivity index (χ1n) is 35.2. The van der Waals surface area contributed by atoms with Crippen LogP contribution in [-0.2, 0) is 47.7 Å². The van der Waals surface area contributed by atoms with Gasteiger partial charge in [0.2, 0.25) is 11.8 Å². The SMILES string of the molecule is COC(=O)CC(CC(=O)CNC(=O)CCCCN(C(=O)OC(C)(C)C)c1cc(C)ccn1)c1cc(Cl)c(OCCCCCCCCBr)c(Cl)c1.COC(=O)CC(CC(=O)CNC(=O)CCCCN(C(=O)OC(C)(C)C)c1cc(C)ccn1)c1cc(Cl)c(OCCCCCCCCN=[N+]=[N-])c(Cl)c1.[N-]=[N+]=[N-].[Na+]. The summed E-state index contributed by atoms with van der Waals surface area (Å²) in [7, 11) is 2.55. The Morgan fingerprint density at radius 2 is 0.877 bits per heavy atom. The zero-order valence-electron chi connectivity index (χ0n) is 63.2. The number of methoxy groups -OCH3 is 2. The number of halogens is 5. The Bertz CT molecular complexity index is 3440. The summed E-state index contributed by atoms with van der Waals surface area (Å²) in [6, 6.07) is 13.9. The number of esters is 2. The standard InChI is InChI=1S/C37H52BrCl2N3O7.C37H52Cl2N6O7.N3.Na/c1-26-15-17-41-32(20-26)43(36(47)50-37(2,3)4)18-12-10-14-33(45)42-25-29(44)21-27(24-34(46)48-5)28-22-30(39)35(31(40)23-28)49-19-13-9-7-6-8-11-16-38;1-26-15-17-41-32(20-26)45(36(49)52-37(2,3)4)18-12-10-14-33(47)42-25-29(46)21-27(24-34(48)50-5)28-22-30(38)35(31(39)23-28)51-19-13-9-7-6-8-11-16-43-44-40;1-3-2;/h15,17,20,22-23,27H,6-14,16,18-19,21,24-25H2,1-5H3,(H,42,45);15,17,20,22-23,27H,6-14,16,18-19,21,24-25H2,1-5H3,(H,42,47);;/q;;-1;+1. The van der Waals surface area contributed by atoms with Crippen LogP contribution in [0.1, 0.15) is 217 Å². The van der Waals surface area contributed by atoms with Crippen molar-refractivity contribution < 1.29 is 96.3 Å². The Morgan fingerprint density at radius 1 is 0.528 bits per heavy atom. The molecule has 0 aliphatic rings. The van der Waals surface area contributed by atoms with E-state index in [1.165, 1.54) is 48.2 Å². The van der Waals surface area contributed by atoms with Gasteiger partial charge in [0.1, 0.15) is 22.8 Å². The monoisotopic (exact) mass is 1630 g/mol. The molecule has 0 saturated carbocycles. The molecular formula is C74H104BrCl4N12NaO14. The maximum atomic E-state index is 13.0. The minimum absolute atomic E-state index is 0. The van der Waals surface area contributed by atoms with Crippen molar-refractivity contribution >= 4 is 121 Å². The quantitative estimate of drug-likeness (QED) is 0.00607. The van der Waals surface area contributed by atoms with Crippen molar-refractivity contribution in [3.8, 4) is 11.5 Å². The van der Waals surface area contributed by atoms with Crippen LogP contribution in [0.4, 0.5) is 21.2 Å². The van der Waals surface area contributed by atoms with Gasteiger partial charge in [0.05, 0.1) is 73.5 Å². The van der Waals surface area contributed by atoms with Gasteiger partial charge in [-0.25, -0.2) is 19.6 Å². The largest absolute Gasteiger partial charge is 1.00 e. The van der Waals surface area contributed by atoms with E-state index in [0.29, 0.717) is 103 Å². The normalized spacial score (nSPS) is 11.3. The van der Waals surface area contributed by atoms with Gasteiger partial charge in [0.25, 0.3) is 0 Å². The number of amides is 4. The zero-order chi connectivity index (χ0) is 78.3. The van der Waals surface area contributed by atoms with Crippen LogP contribution in [0, 0.1) is 13.8 Å². The molecule has 2 aromatic carbocycles. The van der Waals surface area contributed by atoms with E-state index in [-0.39, 0.29) is 115 Å². The van der Waals surface area contributed by atoms with Crippen molar-refractivity contribution in [3.63, 3.8) is 0 Å². The second-order valence-electron chi connectivity index (χ2n) is 26.9. The van der Waals surface area contributed by atoms with Crippen LogP contribution >= 0.6 is 62.3 Å². The molecule has 4 amide bonds. The van der Waals surface area contributed by atoms with Crippen LogP contribution in [0.25, 0.3) is 26.4 Å². The third-order valence-electron chi connectivity index (χ3n) is 15.6. The number of hydrogen-bond donors (Lipinski definition) is 2. The number of rotatable bonds is 45. The van der Waals surface area contributed by atoms with E-state index in [9.17, 15) is 38.4 Å². The molecule has 2 aromatic heterocycles. The van der Waals surface area contributed by atoms with Crippen LogP contribution < -0.4 is 59.5 Å². The molecule has 0 radical (unpaired) electrons. The predicted octanol–water partition coefficient (Wildman–Crippen LogP) is 16.1. The third kappa shape index (κ3) is 42.8. The van der Waals surface area contributed by atoms with Gasteiger partial charge in [-0.15, -0.1) is 0 Å². The molecular weight excluding hydrogens is 1530 g/mol. The van der Waals surface area contributed by atoms with Crippen LogP contribution in [0.2, 0.25) is 20.1 Å². The Hall–Kier alpha value is -6.64. The number of benzene rings is 2. The minimum Gasteiger partial charge on any atom is -0.490 e. The first-order chi connectivity index (χ1) is 49.9. The second kappa shape index (κ2) is 54.9. The molecule has 2 N–H and O–H groups in total. The average molecular weight is 1630 g/mol. The maximum absolute atomic E-state index is 13.0. The number of ether oxygens (including phenoxy) is 6. The maximum Gasteiger partial charge on any atom is 1.00 e. The molecule has 26 nitrogen and oxygen atoms in total. The molecule has 0 aliphatic heterocycles. The van der Waals surface area contributed by atoms with E-state index in [0.717, 1.165) is 74.2 Å². The van der Waals surface area contributed by atoms with Crippen molar-refractivity contribution in [3.05, 3.63) is 130 Å². The number of alkyl halides is 1. The molecule has 4 rings (SSSR count). The molecule has 106 heavy (non-hydrogen) atoms. The average Bonchev–Trinajstić information content (AvgIpc) is 0.848. The van der Waals surface area contributed by atoms with Gasteiger partial charge < -0.3 is 50.1 Å². The summed E-state index contributed by atoms with van der Waals surface area (Å²) >= 11 is 29.6. The van der Waals surface area contributed by atoms with Gasteiger partial charge in [0, 0.05) is 79.8 Å². The van der Waals surface area contributed by atoms with Gasteiger partial charge in [-0.05, 0) is 183 Å². The first kappa shape index (κ1) is 97.4. The van der Waals surface area contributed by atoms with E-state index in [4.69, 9.17) is 91.4 Å². The number of unbranched alkanes of at least 4 members (excludes halogenated alkanes) is 12. The van der Waals surface area contributed by atoms with Crippen LogP contribution in [0.3, 0.4) is 0 Å². The van der Waals surface area contributed by atoms with E-state index in [2.05, 4.69) is 46.6 Å². The van der Waals surface area contributed by atoms with Crippen molar-refractivity contribution in [1.29, 1.82) is 0 Å². The van der Waals surface area contributed by atoms with Crippen molar-refractivity contribution in [2.75, 3.05) is 75.3 Å². The molecule has 2 heterocycles. The number of hydrogen-bond acceptors (Lipinski definition) is 17. The Labute approximate surface area is 674 Å². The third-order valence-corrected chi connectivity index (χ3v) is 17.3. The Balaban J connectivity index is 0.00000101. The molecule has 2 atom stereocenters. The Morgan fingerprint density at radius 3 is 1.21 bits per heavy atom. The molecule has 4 aromatic rings. The van der Waals surface area contributed by atoms with E-state index < -0.39 is 47.2 Å². The summed E-state index contributed by atoms with van der Waals surface area (Å²) in [5.41, 5.74) is 23.5. The van der Waals surface area contributed by atoms with Crippen LogP contribution in [0.5, 0.6) is 11.5 Å². The van der Waals surface area contributed by atoms with Crippen LogP contribution in [0.15, 0.2) is 66.0 Å². The molecule has 0 bridgehead atoms. The number of pyridine rings is 2. The predicted molar refractivity (Wildman–Crippen MR) is 414 cm³/mol. The summed E-state index contributed by atoms with van der Waals surface area (Å²) in [5.74, 6) is -1.66. The summed E-state index contributed by atoms with van der Waals surface area (Å²) < 4.78 is 32.6. The van der Waals surface area contributed by atoms with Gasteiger partial charge >= 0.3 is 53.7 Å². The molecule has 0 fully saturated rings. The fourth-order valence-corrected chi connectivity index (χ4v) is 11.9. The number of carbonyl (C=O) groups is 8.